The molecule has 2 aromatic carbocycles. The second-order valence-electron chi connectivity index (χ2n) is 9.34. The maximum Gasteiger partial charge on any atom is 0.305 e. The minimum absolute atomic E-state index is 0.0283. The number of nitrogens with zero attached hydrogens (tertiary/aromatic N) is 5. The average molecular weight is 573 g/mol. The Morgan fingerprint density at radius 2 is 1.92 bits per heavy atom. The van der Waals surface area contributed by atoms with Crippen LogP contribution in [0.15, 0.2) is 52.6 Å². The van der Waals surface area contributed by atoms with Crippen LogP contribution in [0.5, 0.6) is 0 Å². The predicted octanol–water partition coefficient (Wildman–Crippen LogP) is 5.52. The number of likely N-dealkylation sites (N-methyl/N-ethyl adjacent to an activating group) is 1. The van der Waals surface area contributed by atoms with Gasteiger partial charge in [-0.1, -0.05) is 47.8 Å². The standard InChI is InChI=1S/C27H27Cl2N5O3S/c1-33-14-6-5-9-22(33)26(36)38-27-32-31-25-20(11-13-23(35)37-2)30-24(17-7-3-4-8-19(17)29)18-15-16(28)10-12-21(18)34(25)27/h3-4,7-8,10,12,15,20,22H,5-6,9,11,13-14H2,1-2H3/t20-,22?/m0/s1. The number of esters is 1. The van der Waals surface area contributed by atoms with Crippen molar-refractivity contribution < 1.29 is 14.3 Å². The van der Waals surface area contributed by atoms with Crippen LogP contribution >= 0.6 is 35.0 Å². The normalized spacial score (nSPS) is 19.2. The fourth-order valence-electron chi connectivity index (χ4n) is 4.91. The number of piperidine rings is 1. The molecule has 0 bridgehead atoms. The lowest BCUT2D eigenvalue weighted by Gasteiger charge is -2.30. The molecule has 2 aliphatic rings. The number of thioether (sulfide) groups is 1. The summed E-state index contributed by atoms with van der Waals surface area (Å²) >= 11 is 14.2. The largest absolute Gasteiger partial charge is 0.469 e. The van der Waals surface area contributed by atoms with E-state index in [4.69, 9.17) is 32.9 Å². The summed E-state index contributed by atoms with van der Waals surface area (Å²) < 4.78 is 6.75. The molecule has 0 radical (unpaired) electrons. The Morgan fingerprint density at radius 3 is 2.68 bits per heavy atom. The number of hydrogen-bond donors (Lipinski definition) is 0. The molecule has 8 nitrogen and oxygen atoms in total. The number of carbonyl (C=O) groups excluding carboxylic acids is 2. The number of ether oxygens (including phenoxy) is 1. The molecule has 1 unspecified atom stereocenters. The van der Waals surface area contributed by atoms with Crippen molar-refractivity contribution in [2.75, 3.05) is 20.7 Å². The first-order valence-corrected chi connectivity index (χ1v) is 14.0. The smallest absolute Gasteiger partial charge is 0.305 e. The third-order valence-electron chi connectivity index (χ3n) is 6.91. The third kappa shape index (κ3) is 5.38. The maximum atomic E-state index is 13.4. The van der Waals surface area contributed by atoms with Gasteiger partial charge in [0, 0.05) is 27.6 Å². The summed E-state index contributed by atoms with van der Waals surface area (Å²) in [5.41, 5.74) is 2.83. The van der Waals surface area contributed by atoms with Gasteiger partial charge in [-0.05, 0) is 68.9 Å². The fourth-order valence-corrected chi connectivity index (χ4v) is 6.29. The van der Waals surface area contributed by atoms with Crippen LogP contribution in [0.1, 0.15) is 55.1 Å². The molecule has 0 saturated carbocycles. The Bertz CT molecular complexity index is 1410. The minimum atomic E-state index is -0.541. The zero-order valence-electron chi connectivity index (χ0n) is 21.1. The lowest BCUT2D eigenvalue weighted by Crippen LogP contribution is -2.40. The predicted molar refractivity (Wildman–Crippen MR) is 149 cm³/mol. The number of fused-ring (bicyclic) bond motifs is 3. The lowest BCUT2D eigenvalue weighted by molar-refractivity contribution is -0.140. The molecule has 38 heavy (non-hydrogen) atoms. The molecule has 0 aliphatic carbocycles. The summed E-state index contributed by atoms with van der Waals surface area (Å²) in [5.74, 6) is 0.187. The van der Waals surface area contributed by atoms with Gasteiger partial charge in [-0.25, -0.2) is 0 Å². The SMILES string of the molecule is COC(=O)CC[C@@H]1N=C(c2ccccc2Cl)c2cc(Cl)ccc2-n2c(SC(=O)C3CCCCN3C)nnc21. The maximum absolute atomic E-state index is 13.4. The van der Waals surface area contributed by atoms with Crippen molar-refractivity contribution in [1.82, 2.24) is 19.7 Å². The van der Waals surface area contributed by atoms with Crippen molar-refractivity contribution in [3.63, 3.8) is 0 Å². The van der Waals surface area contributed by atoms with Crippen molar-refractivity contribution in [2.45, 2.75) is 49.3 Å². The summed E-state index contributed by atoms with van der Waals surface area (Å²) in [4.78, 5) is 32.6. The van der Waals surface area contributed by atoms with Gasteiger partial charge < -0.3 is 4.74 Å². The van der Waals surface area contributed by atoms with Crippen LogP contribution in [0.25, 0.3) is 5.69 Å². The van der Waals surface area contributed by atoms with Gasteiger partial charge in [-0.3, -0.25) is 24.0 Å². The monoisotopic (exact) mass is 571 g/mol. The molecule has 2 aliphatic heterocycles. The highest BCUT2D eigenvalue weighted by molar-refractivity contribution is 8.13. The highest BCUT2D eigenvalue weighted by Crippen LogP contribution is 2.38. The molecule has 198 valence electrons. The van der Waals surface area contributed by atoms with E-state index in [1.165, 1.54) is 7.11 Å². The number of methoxy groups -OCH3 is 1. The van der Waals surface area contributed by atoms with Crippen LogP contribution in [0.4, 0.5) is 0 Å². The van der Waals surface area contributed by atoms with Crippen molar-refractivity contribution in [3.8, 4) is 5.69 Å². The highest BCUT2D eigenvalue weighted by Gasteiger charge is 2.33. The molecule has 3 aromatic rings. The van der Waals surface area contributed by atoms with E-state index in [-0.39, 0.29) is 23.5 Å². The molecule has 1 aromatic heterocycles. The number of likely N-dealkylation sites (tertiary alicyclic amines) is 1. The number of rotatable bonds is 6. The summed E-state index contributed by atoms with van der Waals surface area (Å²) in [6.07, 6.45) is 3.40. The van der Waals surface area contributed by atoms with Gasteiger partial charge in [0.25, 0.3) is 0 Å². The van der Waals surface area contributed by atoms with Crippen LogP contribution in [0, 0.1) is 0 Å². The molecule has 0 N–H and O–H groups in total. The van der Waals surface area contributed by atoms with E-state index >= 15 is 0 Å². The second kappa shape index (κ2) is 11.6. The number of benzene rings is 2. The summed E-state index contributed by atoms with van der Waals surface area (Å²) in [5, 5.41) is 10.5. The number of aliphatic imine (C=N–C) groups is 1. The minimum Gasteiger partial charge on any atom is -0.469 e. The molecule has 1 saturated heterocycles. The first-order chi connectivity index (χ1) is 18.4. The molecular formula is C27H27Cl2N5O3S. The zero-order chi connectivity index (χ0) is 26.8. The number of halogens is 2. The zero-order valence-corrected chi connectivity index (χ0v) is 23.4. The highest BCUT2D eigenvalue weighted by atomic mass is 35.5. The topological polar surface area (TPSA) is 89.7 Å². The molecule has 0 spiro atoms. The van der Waals surface area contributed by atoms with E-state index < -0.39 is 6.04 Å². The van der Waals surface area contributed by atoms with Crippen molar-refractivity contribution in [2.24, 2.45) is 4.99 Å². The number of hydrogen-bond acceptors (Lipinski definition) is 8. The van der Waals surface area contributed by atoms with Crippen LogP contribution in [0.2, 0.25) is 10.0 Å². The summed E-state index contributed by atoms with van der Waals surface area (Å²) in [6, 6.07) is 12.2. The molecule has 2 atom stereocenters. The van der Waals surface area contributed by atoms with E-state index in [0.29, 0.717) is 33.2 Å². The van der Waals surface area contributed by atoms with Crippen LogP contribution in [0.3, 0.4) is 0 Å². The molecule has 3 heterocycles. The second-order valence-corrected chi connectivity index (χ2v) is 11.2. The van der Waals surface area contributed by atoms with E-state index in [0.717, 1.165) is 54.4 Å². The Labute approximate surface area is 235 Å². The quantitative estimate of drug-likeness (QED) is 0.284. The number of aromatic nitrogens is 3. The summed E-state index contributed by atoms with van der Waals surface area (Å²) in [7, 11) is 3.34. The Hall–Kier alpha value is -2.72. The van der Waals surface area contributed by atoms with Gasteiger partial charge in [-0.2, -0.15) is 0 Å². The van der Waals surface area contributed by atoms with Crippen molar-refractivity contribution >= 4 is 51.8 Å². The molecular weight excluding hydrogens is 545 g/mol. The van der Waals surface area contributed by atoms with Crippen molar-refractivity contribution in [3.05, 3.63) is 69.5 Å². The third-order valence-corrected chi connectivity index (χ3v) is 8.39. The molecule has 5 rings (SSSR count). The van der Waals surface area contributed by atoms with Gasteiger partial charge >= 0.3 is 5.97 Å². The van der Waals surface area contributed by atoms with E-state index in [1.807, 2.05) is 41.9 Å². The van der Waals surface area contributed by atoms with Gasteiger partial charge in [0.15, 0.2) is 5.82 Å². The van der Waals surface area contributed by atoms with Gasteiger partial charge in [0.2, 0.25) is 10.3 Å². The average Bonchev–Trinajstić information content (AvgIpc) is 3.26. The molecule has 0 amide bonds. The van der Waals surface area contributed by atoms with E-state index in [9.17, 15) is 9.59 Å². The van der Waals surface area contributed by atoms with Crippen LogP contribution < -0.4 is 0 Å². The van der Waals surface area contributed by atoms with E-state index in [1.54, 1.807) is 12.1 Å². The number of carbonyl (C=O) groups is 2. The fraction of sp³-hybridized carbons (Fsp3) is 0.370. The first-order valence-electron chi connectivity index (χ1n) is 12.4. The Kier molecular flexibility index (Phi) is 8.18. The molecule has 11 heteroatoms. The van der Waals surface area contributed by atoms with Gasteiger partial charge in [0.05, 0.1) is 24.6 Å². The van der Waals surface area contributed by atoms with Gasteiger partial charge in [0.1, 0.15) is 6.04 Å². The van der Waals surface area contributed by atoms with Crippen LogP contribution in [-0.4, -0.2) is 63.2 Å². The summed E-state index contributed by atoms with van der Waals surface area (Å²) in [6.45, 7) is 0.890. The van der Waals surface area contributed by atoms with Crippen molar-refractivity contribution in [1.29, 1.82) is 0 Å². The lowest BCUT2D eigenvalue weighted by atomic mass is 10.00. The first kappa shape index (κ1) is 26.9. The Morgan fingerprint density at radius 1 is 1.11 bits per heavy atom. The van der Waals surface area contributed by atoms with E-state index in [2.05, 4.69) is 15.1 Å². The Balaban J connectivity index is 1.64. The molecule has 1 fully saturated rings. The van der Waals surface area contributed by atoms with Gasteiger partial charge in [-0.15, -0.1) is 10.2 Å². The van der Waals surface area contributed by atoms with Crippen LogP contribution in [-0.2, 0) is 14.3 Å².